The lowest BCUT2D eigenvalue weighted by molar-refractivity contribution is -0.123. The standard InChI is InChI=1S/C21H27NO3S/c1-3-14(2)13-25-16-8-6-15(7-9-16)19(12-23)22-21(24)18-11-17(18)20-5-4-10-26-20/h4-10,14,17-19,23H,3,11-13H2,1-2H3,(H,22,24)/t14-,17-,18-,19?/m0/s1. The van der Waals surface area contributed by atoms with Crippen molar-refractivity contribution in [1.29, 1.82) is 0 Å². The maximum atomic E-state index is 12.5. The van der Waals surface area contributed by atoms with Crippen LogP contribution in [0.4, 0.5) is 0 Å². The van der Waals surface area contributed by atoms with E-state index < -0.39 is 0 Å². The van der Waals surface area contributed by atoms with Gasteiger partial charge in [0.25, 0.3) is 0 Å². The number of carbonyl (C=O) groups is 1. The molecule has 1 aliphatic carbocycles. The average Bonchev–Trinajstić information content (AvgIpc) is 3.29. The lowest BCUT2D eigenvalue weighted by atomic mass is 10.1. The SMILES string of the molecule is CC[C@H](C)COc1ccc(C(CO)NC(=O)[C@H]2C[C@@H]2c2cccs2)cc1. The number of aliphatic hydroxyl groups is 1. The third-order valence-corrected chi connectivity index (χ3v) is 6.05. The van der Waals surface area contributed by atoms with Crippen LogP contribution in [-0.2, 0) is 4.79 Å². The highest BCUT2D eigenvalue weighted by Crippen LogP contribution is 2.49. The molecule has 1 unspecified atom stereocenters. The molecular weight excluding hydrogens is 346 g/mol. The zero-order valence-electron chi connectivity index (χ0n) is 15.4. The molecule has 2 N–H and O–H groups in total. The maximum Gasteiger partial charge on any atom is 0.224 e. The van der Waals surface area contributed by atoms with Gasteiger partial charge in [0.05, 0.1) is 19.3 Å². The van der Waals surface area contributed by atoms with Crippen molar-refractivity contribution >= 4 is 17.2 Å². The summed E-state index contributed by atoms with van der Waals surface area (Å²) in [5.74, 6) is 1.73. The van der Waals surface area contributed by atoms with Gasteiger partial charge in [0.2, 0.25) is 5.91 Å². The zero-order valence-corrected chi connectivity index (χ0v) is 16.2. The Hall–Kier alpha value is -1.85. The summed E-state index contributed by atoms with van der Waals surface area (Å²) in [6, 6.07) is 11.4. The van der Waals surface area contributed by atoms with E-state index in [1.54, 1.807) is 11.3 Å². The first-order valence-corrected chi connectivity index (χ1v) is 10.2. The second kappa shape index (κ2) is 8.69. The molecule has 0 aliphatic heterocycles. The molecule has 1 heterocycles. The summed E-state index contributed by atoms with van der Waals surface area (Å²) in [6.07, 6.45) is 1.98. The molecule has 0 radical (unpaired) electrons. The Morgan fingerprint density at radius 2 is 2.12 bits per heavy atom. The van der Waals surface area contributed by atoms with E-state index in [1.165, 1.54) is 4.88 Å². The van der Waals surface area contributed by atoms with Crippen LogP contribution in [0.5, 0.6) is 5.75 Å². The first-order chi connectivity index (χ1) is 12.6. The fourth-order valence-corrected chi connectivity index (χ4v) is 3.87. The van der Waals surface area contributed by atoms with E-state index in [-0.39, 0.29) is 24.5 Å². The van der Waals surface area contributed by atoms with Crippen LogP contribution in [-0.4, -0.2) is 24.2 Å². The van der Waals surface area contributed by atoms with E-state index in [9.17, 15) is 9.90 Å². The Morgan fingerprint density at radius 3 is 2.73 bits per heavy atom. The second-order valence-electron chi connectivity index (χ2n) is 7.10. The molecule has 140 valence electrons. The van der Waals surface area contributed by atoms with Gasteiger partial charge in [-0.05, 0) is 41.5 Å². The van der Waals surface area contributed by atoms with Gasteiger partial charge in [-0.1, -0.05) is 38.5 Å². The van der Waals surface area contributed by atoms with Gasteiger partial charge in [0, 0.05) is 16.7 Å². The Morgan fingerprint density at radius 1 is 1.35 bits per heavy atom. The Balaban J connectivity index is 1.54. The summed E-state index contributed by atoms with van der Waals surface area (Å²) < 4.78 is 5.76. The van der Waals surface area contributed by atoms with Gasteiger partial charge in [-0.2, -0.15) is 0 Å². The number of hydrogen-bond donors (Lipinski definition) is 2. The third-order valence-electron chi connectivity index (χ3n) is 5.05. The topological polar surface area (TPSA) is 58.6 Å². The highest BCUT2D eigenvalue weighted by Gasteiger charge is 2.45. The van der Waals surface area contributed by atoms with Crippen molar-refractivity contribution in [2.45, 2.75) is 38.6 Å². The lowest BCUT2D eigenvalue weighted by Crippen LogP contribution is -2.32. The highest BCUT2D eigenvalue weighted by atomic mass is 32.1. The molecule has 0 spiro atoms. The van der Waals surface area contributed by atoms with Gasteiger partial charge in [-0.15, -0.1) is 11.3 Å². The number of ether oxygens (including phenoxy) is 1. The Labute approximate surface area is 159 Å². The normalized spacial score (nSPS) is 21.0. The molecule has 1 aliphatic rings. The highest BCUT2D eigenvalue weighted by molar-refractivity contribution is 7.10. The first-order valence-electron chi connectivity index (χ1n) is 9.29. The molecule has 1 saturated carbocycles. The van der Waals surface area contributed by atoms with Crippen LogP contribution in [0.1, 0.15) is 49.1 Å². The van der Waals surface area contributed by atoms with Gasteiger partial charge in [-0.3, -0.25) is 4.79 Å². The molecule has 4 nitrogen and oxygen atoms in total. The fraction of sp³-hybridized carbons (Fsp3) is 0.476. The zero-order chi connectivity index (χ0) is 18.5. The number of benzene rings is 1. The summed E-state index contributed by atoms with van der Waals surface area (Å²) in [5, 5.41) is 14.8. The van der Waals surface area contributed by atoms with Crippen LogP contribution in [0.3, 0.4) is 0 Å². The predicted molar refractivity (Wildman–Crippen MR) is 105 cm³/mol. The van der Waals surface area contributed by atoms with E-state index in [1.807, 2.05) is 35.7 Å². The van der Waals surface area contributed by atoms with E-state index in [0.29, 0.717) is 18.4 Å². The van der Waals surface area contributed by atoms with Crippen molar-refractivity contribution in [2.24, 2.45) is 11.8 Å². The van der Waals surface area contributed by atoms with Crippen molar-refractivity contribution in [3.8, 4) is 5.75 Å². The van der Waals surface area contributed by atoms with Crippen molar-refractivity contribution < 1.29 is 14.6 Å². The molecule has 26 heavy (non-hydrogen) atoms. The third kappa shape index (κ3) is 4.65. The van der Waals surface area contributed by atoms with E-state index in [4.69, 9.17) is 4.74 Å². The Bertz CT molecular complexity index is 699. The van der Waals surface area contributed by atoms with Crippen molar-refractivity contribution in [3.05, 3.63) is 52.2 Å². The van der Waals surface area contributed by atoms with Gasteiger partial charge >= 0.3 is 0 Å². The number of carbonyl (C=O) groups excluding carboxylic acids is 1. The maximum absolute atomic E-state index is 12.5. The van der Waals surface area contributed by atoms with Gasteiger partial charge < -0.3 is 15.2 Å². The van der Waals surface area contributed by atoms with Crippen LogP contribution in [0.2, 0.25) is 0 Å². The molecule has 2 aromatic rings. The fourth-order valence-electron chi connectivity index (χ4n) is 2.97. The van der Waals surface area contributed by atoms with Gasteiger partial charge in [-0.25, -0.2) is 0 Å². The average molecular weight is 374 g/mol. The monoisotopic (exact) mass is 373 g/mol. The van der Waals surface area contributed by atoms with Gasteiger partial charge in [0.15, 0.2) is 0 Å². The lowest BCUT2D eigenvalue weighted by Gasteiger charge is -2.18. The minimum absolute atomic E-state index is 0.0274. The number of thiophene rings is 1. The molecule has 1 fully saturated rings. The number of aliphatic hydroxyl groups excluding tert-OH is 1. The Kier molecular flexibility index (Phi) is 6.33. The number of nitrogens with one attached hydrogen (secondary N) is 1. The molecule has 1 aromatic heterocycles. The molecule has 1 amide bonds. The van der Waals surface area contributed by atoms with Crippen LogP contribution >= 0.6 is 11.3 Å². The van der Waals surface area contributed by atoms with E-state index in [0.717, 1.165) is 24.2 Å². The molecule has 5 heteroatoms. The molecule has 0 saturated heterocycles. The van der Waals surface area contributed by atoms with E-state index in [2.05, 4.69) is 25.2 Å². The largest absolute Gasteiger partial charge is 0.493 e. The van der Waals surface area contributed by atoms with Crippen LogP contribution in [0.25, 0.3) is 0 Å². The summed E-state index contributed by atoms with van der Waals surface area (Å²) >= 11 is 1.70. The quantitative estimate of drug-likeness (QED) is 0.695. The van der Waals surface area contributed by atoms with Crippen molar-refractivity contribution in [2.75, 3.05) is 13.2 Å². The van der Waals surface area contributed by atoms with Crippen molar-refractivity contribution in [3.63, 3.8) is 0 Å². The number of hydrogen-bond acceptors (Lipinski definition) is 4. The summed E-state index contributed by atoms with van der Waals surface area (Å²) in [4.78, 5) is 13.8. The van der Waals surface area contributed by atoms with Crippen LogP contribution < -0.4 is 10.1 Å². The predicted octanol–water partition coefficient (Wildman–Crippen LogP) is 4.13. The summed E-state index contributed by atoms with van der Waals surface area (Å²) in [5.41, 5.74) is 0.894. The number of rotatable bonds is 9. The van der Waals surface area contributed by atoms with Crippen LogP contribution in [0, 0.1) is 11.8 Å². The number of amides is 1. The summed E-state index contributed by atoms with van der Waals surface area (Å²) in [6.45, 7) is 4.89. The molecule has 0 bridgehead atoms. The smallest absolute Gasteiger partial charge is 0.224 e. The van der Waals surface area contributed by atoms with Crippen molar-refractivity contribution in [1.82, 2.24) is 5.32 Å². The minimum Gasteiger partial charge on any atom is -0.493 e. The molecular formula is C21H27NO3S. The van der Waals surface area contributed by atoms with Crippen LogP contribution in [0.15, 0.2) is 41.8 Å². The van der Waals surface area contributed by atoms with Gasteiger partial charge in [0.1, 0.15) is 5.75 Å². The first kappa shape index (κ1) is 18.9. The molecule has 1 aromatic carbocycles. The van der Waals surface area contributed by atoms with E-state index >= 15 is 0 Å². The molecule has 3 rings (SSSR count). The second-order valence-corrected chi connectivity index (χ2v) is 8.08. The minimum atomic E-state index is -0.379. The molecule has 4 atom stereocenters. The summed E-state index contributed by atoms with van der Waals surface area (Å²) in [7, 11) is 0.